The summed E-state index contributed by atoms with van der Waals surface area (Å²) in [6.45, 7) is 0.656. The second-order valence-electron chi connectivity index (χ2n) is 3.79. The van der Waals surface area contributed by atoms with E-state index in [1.807, 2.05) is 0 Å². The molecule has 0 radical (unpaired) electrons. The number of anilines is 1. The van der Waals surface area contributed by atoms with Crippen molar-refractivity contribution < 1.29 is 9.59 Å². The van der Waals surface area contributed by atoms with Gasteiger partial charge in [0, 0.05) is 6.54 Å². The number of nitrogens with zero attached hydrogens (tertiary/aromatic N) is 2. The molecule has 0 aromatic carbocycles. The highest BCUT2D eigenvalue weighted by atomic mass is 16.2. The standard InChI is InChI=1S/C10H13N5O2/c11-8-5-12-4-7(14-8)10(17)15-6-2-1-3-13-9(6)16/h4-6H,1-3H2,(H2,11,14)(H,13,16)(H,15,17). The van der Waals surface area contributed by atoms with E-state index in [0.717, 1.165) is 6.42 Å². The van der Waals surface area contributed by atoms with E-state index >= 15 is 0 Å². The number of nitrogens with one attached hydrogen (secondary N) is 2. The highest BCUT2D eigenvalue weighted by molar-refractivity contribution is 5.96. The van der Waals surface area contributed by atoms with Crippen molar-refractivity contribution in [1.29, 1.82) is 0 Å². The molecule has 1 aliphatic heterocycles. The van der Waals surface area contributed by atoms with Crippen LogP contribution < -0.4 is 16.4 Å². The van der Waals surface area contributed by atoms with Crippen LogP contribution in [0.1, 0.15) is 23.3 Å². The van der Waals surface area contributed by atoms with Crippen molar-refractivity contribution in [2.45, 2.75) is 18.9 Å². The molecular weight excluding hydrogens is 222 g/mol. The van der Waals surface area contributed by atoms with Gasteiger partial charge in [0.05, 0.1) is 12.4 Å². The van der Waals surface area contributed by atoms with Crippen LogP contribution in [-0.4, -0.2) is 34.4 Å². The SMILES string of the molecule is Nc1cncc(C(=O)NC2CCCNC2=O)n1. The summed E-state index contributed by atoms with van der Waals surface area (Å²) < 4.78 is 0. The zero-order valence-corrected chi connectivity index (χ0v) is 9.14. The lowest BCUT2D eigenvalue weighted by Gasteiger charge is -2.22. The third-order valence-electron chi connectivity index (χ3n) is 2.48. The fraction of sp³-hybridized carbons (Fsp3) is 0.400. The summed E-state index contributed by atoms with van der Waals surface area (Å²) in [5, 5.41) is 5.29. The fourth-order valence-corrected chi connectivity index (χ4v) is 1.63. The van der Waals surface area contributed by atoms with Crippen molar-refractivity contribution in [1.82, 2.24) is 20.6 Å². The Morgan fingerprint density at radius 1 is 1.53 bits per heavy atom. The van der Waals surface area contributed by atoms with Crippen molar-refractivity contribution >= 4 is 17.6 Å². The zero-order chi connectivity index (χ0) is 12.3. The molecule has 1 aromatic rings. The van der Waals surface area contributed by atoms with Gasteiger partial charge in [-0.25, -0.2) is 4.98 Å². The van der Waals surface area contributed by atoms with Gasteiger partial charge < -0.3 is 16.4 Å². The molecule has 90 valence electrons. The van der Waals surface area contributed by atoms with Gasteiger partial charge in [0.15, 0.2) is 0 Å². The maximum atomic E-state index is 11.8. The number of nitrogen functional groups attached to an aromatic ring is 1. The molecule has 17 heavy (non-hydrogen) atoms. The molecule has 1 atom stereocenters. The van der Waals surface area contributed by atoms with E-state index in [-0.39, 0.29) is 17.4 Å². The van der Waals surface area contributed by atoms with Crippen LogP contribution >= 0.6 is 0 Å². The van der Waals surface area contributed by atoms with Crippen LogP contribution in [0.5, 0.6) is 0 Å². The van der Waals surface area contributed by atoms with Gasteiger partial charge in [0.1, 0.15) is 17.6 Å². The number of amides is 2. The topological polar surface area (TPSA) is 110 Å². The Hall–Kier alpha value is -2.18. The molecule has 1 aromatic heterocycles. The summed E-state index contributed by atoms with van der Waals surface area (Å²) in [6.07, 6.45) is 4.14. The summed E-state index contributed by atoms with van der Waals surface area (Å²) in [5.74, 6) is -0.431. The van der Waals surface area contributed by atoms with Gasteiger partial charge in [-0.05, 0) is 12.8 Å². The summed E-state index contributed by atoms with van der Waals surface area (Å²) in [5.41, 5.74) is 5.54. The number of carbonyl (C=O) groups excluding carboxylic acids is 2. The summed E-state index contributed by atoms with van der Waals surface area (Å²) in [4.78, 5) is 30.8. The quantitative estimate of drug-likeness (QED) is 0.613. The van der Waals surface area contributed by atoms with E-state index in [9.17, 15) is 9.59 Å². The zero-order valence-electron chi connectivity index (χ0n) is 9.14. The number of carbonyl (C=O) groups is 2. The van der Waals surface area contributed by atoms with Gasteiger partial charge in [-0.15, -0.1) is 0 Å². The van der Waals surface area contributed by atoms with Gasteiger partial charge in [-0.2, -0.15) is 0 Å². The predicted molar refractivity (Wildman–Crippen MR) is 59.9 cm³/mol. The minimum Gasteiger partial charge on any atom is -0.382 e. The molecular formula is C10H13N5O2. The maximum Gasteiger partial charge on any atom is 0.272 e. The number of piperidine rings is 1. The van der Waals surface area contributed by atoms with Crippen molar-refractivity contribution in [3.8, 4) is 0 Å². The monoisotopic (exact) mass is 235 g/mol. The number of hydrogen-bond acceptors (Lipinski definition) is 5. The Kier molecular flexibility index (Phi) is 3.17. The van der Waals surface area contributed by atoms with E-state index in [2.05, 4.69) is 20.6 Å². The number of aromatic nitrogens is 2. The van der Waals surface area contributed by atoms with Gasteiger partial charge in [0.2, 0.25) is 5.91 Å². The largest absolute Gasteiger partial charge is 0.382 e. The minimum atomic E-state index is -0.500. The minimum absolute atomic E-state index is 0.114. The summed E-state index contributed by atoms with van der Waals surface area (Å²) in [6, 6.07) is -0.500. The highest BCUT2D eigenvalue weighted by Gasteiger charge is 2.24. The molecule has 1 fully saturated rings. The molecule has 1 saturated heterocycles. The first kappa shape index (κ1) is 11.3. The Morgan fingerprint density at radius 3 is 3.06 bits per heavy atom. The molecule has 1 unspecified atom stereocenters. The second kappa shape index (κ2) is 4.77. The van der Waals surface area contributed by atoms with E-state index in [1.54, 1.807) is 0 Å². The van der Waals surface area contributed by atoms with Crippen LogP contribution in [-0.2, 0) is 4.79 Å². The third-order valence-corrected chi connectivity index (χ3v) is 2.48. The molecule has 0 bridgehead atoms. The molecule has 7 nitrogen and oxygen atoms in total. The molecule has 0 aliphatic carbocycles. The molecule has 7 heteroatoms. The van der Waals surface area contributed by atoms with Crippen molar-refractivity contribution in [2.24, 2.45) is 0 Å². The van der Waals surface area contributed by atoms with Gasteiger partial charge in [-0.3, -0.25) is 14.6 Å². The maximum absolute atomic E-state index is 11.8. The number of hydrogen-bond donors (Lipinski definition) is 3. The first-order valence-electron chi connectivity index (χ1n) is 5.33. The third kappa shape index (κ3) is 2.68. The average molecular weight is 235 g/mol. The van der Waals surface area contributed by atoms with Crippen molar-refractivity contribution in [3.05, 3.63) is 18.1 Å². The normalized spacial score (nSPS) is 19.5. The lowest BCUT2D eigenvalue weighted by atomic mass is 10.1. The van der Waals surface area contributed by atoms with E-state index in [0.29, 0.717) is 13.0 Å². The molecule has 2 amide bonds. The molecule has 2 rings (SSSR count). The molecule has 0 spiro atoms. The van der Waals surface area contributed by atoms with Crippen LogP contribution in [0, 0.1) is 0 Å². The Morgan fingerprint density at radius 2 is 2.35 bits per heavy atom. The number of rotatable bonds is 2. The number of nitrogens with two attached hydrogens (primary N) is 1. The Bertz CT molecular complexity index is 448. The van der Waals surface area contributed by atoms with Crippen LogP contribution in [0.2, 0.25) is 0 Å². The van der Waals surface area contributed by atoms with Crippen LogP contribution in [0.4, 0.5) is 5.82 Å². The lowest BCUT2D eigenvalue weighted by molar-refractivity contribution is -0.124. The summed E-state index contributed by atoms with van der Waals surface area (Å²) >= 11 is 0. The predicted octanol–water partition coefficient (Wildman–Crippen LogP) is -0.933. The van der Waals surface area contributed by atoms with E-state index in [1.165, 1.54) is 12.4 Å². The lowest BCUT2D eigenvalue weighted by Crippen LogP contribution is -2.50. The van der Waals surface area contributed by atoms with Gasteiger partial charge in [0.25, 0.3) is 5.91 Å². The van der Waals surface area contributed by atoms with Gasteiger partial charge >= 0.3 is 0 Å². The van der Waals surface area contributed by atoms with Crippen molar-refractivity contribution in [2.75, 3.05) is 12.3 Å². The Labute approximate surface area is 97.8 Å². The van der Waals surface area contributed by atoms with Crippen LogP contribution in [0.3, 0.4) is 0 Å². The first-order valence-corrected chi connectivity index (χ1v) is 5.33. The highest BCUT2D eigenvalue weighted by Crippen LogP contribution is 2.04. The van der Waals surface area contributed by atoms with E-state index < -0.39 is 11.9 Å². The smallest absolute Gasteiger partial charge is 0.272 e. The second-order valence-corrected chi connectivity index (χ2v) is 3.79. The van der Waals surface area contributed by atoms with Crippen LogP contribution in [0.15, 0.2) is 12.4 Å². The van der Waals surface area contributed by atoms with Crippen LogP contribution in [0.25, 0.3) is 0 Å². The van der Waals surface area contributed by atoms with E-state index in [4.69, 9.17) is 5.73 Å². The summed E-state index contributed by atoms with van der Waals surface area (Å²) in [7, 11) is 0. The average Bonchev–Trinajstić information content (AvgIpc) is 2.32. The molecule has 1 aliphatic rings. The molecule has 2 heterocycles. The van der Waals surface area contributed by atoms with Gasteiger partial charge in [-0.1, -0.05) is 0 Å². The van der Waals surface area contributed by atoms with Crippen molar-refractivity contribution in [3.63, 3.8) is 0 Å². The first-order chi connectivity index (χ1) is 8.16. The Balaban J connectivity index is 2.03. The fourth-order valence-electron chi connectivity index (χ4n) is 1.63. The molecule has 4 N–H and O–H groups in total. The molecule has 0 saturated carbocycles.